The monoisotopic (exact) mass is 460 g/mol. The summed E-state index contributed by atoms with van der Waals surface area (Å²) in [5.74, 6) is 0.692. The molecule has 0 unspecified atom stereocenters. The van der Waals surface area contributed by atoms with E-state index in [9.17, 15) is 4.39 Å². The largest absolute Gasteiger partial charge is 0.497 e. The van der Waals surface area contributed by atoms with Crippen LogP contribution in [0.25, 0.3) is 32.9 Å². The Morgan fingerprint density at radius 3 is 1.86 bits per heavy atom. The van der Waals surface area contributed by atoms with Crippen LogP contribution in [0, 0.1) is 5.82 Å². The number of ether oxygens (including phenoxy) is 1. The Morgan fingerprint density at radius 1 is 0.657 bits per heavy atom. The molecule has 172 valence electrons. The van der Waals surface area contributed by atoms with Crippen LogP contribution in [0.1, 0.15) is 11.1 Å². The van der Waals surface area contributed by atoms with Gasteiger partial charge in [0.25, 0.3) is 0 Å². The van der Waals surface area contributed by atoms with E-state index in [0.29, 0.717) is 12.1 Å². The summed E-state index contributed by atoms with van der Waals surface area (Å²) in [6.45, 7) is 1.30. The Labute approximate surface area is 203 Å². The van der Waals surface area contributed by atoms with Gasteiger partial charge in [-0.2, -0.15) is 0 Å². The summed E-state index contributed by atoms with van der Waals surface area (Å²) in [5, 5.41) is 2.36. The molecule has 0 aliphatic carbocycles. The van der Waals surface area contributed by atoms with Crippen LogP contribution < -0.4 is 4.74 Å². The van der Waals surface area contributed by atoms with Crippen LogP contribution in [-0.4, -0.2) is 16.2 Å². The summed E-state index contributed by atoms with van der Waals surface area (Å²) >= 11 is 0. The zero-order valence-electron chi connectivity index (χ0n) is 19.5. The first kappa shape index (κ1) is 21.2. The molecule has 0 aliphatic rings. The zero-order valence-corrected chi connectivity index (χ0v) is 19.5. The normalized spacial score (nSPS) is 11.4. The Kier molecular flexibility index (Phi) is 5.34. The molecule has 2 aromatic heterocycles. The highest BCUT2D eigenvalue weighted by atomic mass is 19.1. The molecule has 0 spiro atoms. The lowest BCUT2D eigenvalue weighted by Crippen LogP contribution is -2.00. The summed E-state index contributed by atoms with van der Waals surface area (Å²) in [4.78, 5) is 0. The van der Waals surface area contributed by atoms with E-state index in [-0.39, 0.29) is 5.82 Å². The number of rotatable bonds is 6. The maximum atomic E-state index is 14.3. The third kappa shape index (κ3) is 4.08. The predicted octanol–water partition coefficient (Wildman–Crippen LogP) is 7.51. The molecular weight excluding hydrogens is 435 g/mol. The van der Waals surface area contributed by atoms with Crippen molar-refractivity contribution in [1.29, 1.82) is 0 Å². The number of halogens is 1. The SMILES string of the molecule is COc1ccc(Cn2ccc3ccc(-c4ccc5ccn(Cc6ccccc6F)c5c4)cc32)cc1. The molecule has 2 heterocycles. The average Bonchev–Trinajstić information content (AvgIpc) is 3.49. The van der Waals surface area contributed by atoms with Gasteiger partial charge in [0.2, 0.25) is 0 Å². The van der Waals surface area contributed by atoms with Crippen LogP contribution in [0.4, 0.5) is 4.39 Å². The fourth-order valence-electron chi connectivity index (χ4n) is 4.74. The highest BCUT2D eigenvalue weighted by Crippen LogP contribution is 2.29. The first-order valence-electron chi connectivity index (χ1n) is 11.7. The molecule has 0 amide bonds. The molecule has 4 heteroatoms. The van der Waals surface area contributed by atoms with Crippen molar-refractivity contribution in [2.45, 2.75) is 13.1 Å². The first-order valence-corrected chi connectivity index (χ1v) is 11.7. The lowest BCUT2D eigenvalue weighted by atomic mass is 10.0. The van der Waals surface area contributed by atoms with E-state index in [0.717, 1.165) is 34.3 Å². The van der Waals surface area contributed by atoms with E-state index in [1.54, 1.807) is 13.2 Å². The van der Waals surface area contributed by atoms with Gasteiger partial charge in [0.15, 0.2) is 0 Å². The number of fused-ring (bicyclic) bond motifs is 2. The van der Waals surface area contributed by atoms with Gasteiger partial charge in [-0.15, -0.1) is 0 Å². The standard InChI is InChI=1S/C31H25FN2O/c1-35-28-12-6-22(7-13-28)20-33-16-14-23-8-10-25(18-30(23)33)26-11-9-24-15-17-34(31(24)19-26)21-27-4-2-3-5-29(27)32/h2-19H,20-21H2,1H3. The van der Waals surface area contributed by atoms with Gasteiger partial charge in [-0.25, -0.2) is 4.39 Å². The van der Waals surface area contributed by atoms with Gasteiger partial charge in [0, 0.05) is 35.5 Å². The van der Waals surface area contributed by atoms with Crippen molar-refractivity contribution >= 4 is 21.8 Å². The minimum Gasteiger partial charge on any atom is -0.497 e. The van der Waals surface area contributed by atoms with Crippen molar-refractivity contribution in [3.8, 4) is 16.9 Å². The molecule has 4 aromatic carbocycles. The second-order valence-corrected chi connectivity index (χ2v) is 8.87. The Morgan fingerprint density at radius 2 is 1.26 bits per heavy atom. The second kappa shape index (κ2) is 8.80. The average molecular weight is 461 g/mol. The first-order chi connectivity index (χ1) is 17.2. The van der Waals surface area contributed by atoms with Gasteiger partial charge >= 0.3 is 0 Å². The predicted molar refractivity (Wildman–Crippen MR) is 140 cm³/mol. The molecule has 0 aliphatic heterocycles. The van der Waals surface area contributed by atoms with Gasteiger partial charge in [-0.1, -0.05) is 54.6 Å². The number of methoxy groups -OCH3 is 1. The van der Waals surface area contributed by atoms with E-state index < -0.39 is 0 Å². The fraction of sp³-hybridized carbons (Fsp3) is 0.0968. The molecule has 0 bridgehead atoms. The van der Waals surface area contributed by atoms with Crippen LogP contribution in [-0.2, 0) is 13.1 Å². The zero-order chi connectivity index (χ0) is 23.8. The van der Waals surface area contributed by atoms with Crippen molar-refractivity contribution < 1.29 is 9.13 Å². The smallest absolute Gasteiger partial charge is 0.128 e. The summed E-state index contributed by atoms with van der Waals surface area (Å²) in [7, 11) is 1.68. The third-order valence-electron chi connectivity index (χ3n) is 6.69. The quantitative estimate of drug-likeness (QED) is 0.252. The maximum absolute atomic E-state index is 14.3. The number of hydrogen-bond acceptors (Lipinski definition) is 1. The Bertz CT molecular complexity index is 1640. The lowest BCUT2D eigenvalue weighted by Gasteiger charge is -2.10. The summed E-state index contributed by atoms with van der Waals surface area (Å²) in [6.07, 6.45) is 4.17. The fourth-order valence-corrected chi connectivity index (χ4v) is 4.74. The Hall–Kier alpha value is -4.31. The minimum absolute atomic E-state index is 0.173. The number of hydrogen-bond donors (Lipinski definition) is 0. The van der Waals surface area contributed by atoms with E-state index in [1.807, 2.05) is 30.5 Å². The van der Waals surface area contributed by atoms with Crippen LogP contribution in [0.3, 0.4) is 0 Å². The minimum atomic E-state index is -0.173. The van der Waals surface area contributed by atoms with Crippen molar-refractivity contribution in [1.82, 2.24) is 9.13 Å². The summed E-state index contributed by atoms with van der Waals surface area (Å²) < 4.78 is 23.9. The van der Waals surface area contributed by atoms with Gasteiger partial charge in [-0.05, 0) is 69.9 Å². The van der Waals surface area contributed by atoms with Crippen LogP contribution in [0.5, 0.6) is 5.75 Å². The van der Waals surface area contributed by atoms with Crippen molar-refractivity contribution in [2.24, 2.45) is 0 Å². The van der Waals surface area contributed by atoms with Crippen LogP contribution in [0.2, 0.25) is 0 Å². The molecule has 35 heavy (non-hydrogen) atoms. The molecule has 0 fully saturated rings. The molecular formula is C31H25FN2O. The second-order valence-electron chi connectivity index (χ2n) is 8.87. The molecule has 0 radical (unpaired) electrons. The molecule has 3 nitrogen and oxygen atoms in total. The van der Waals surface area contributed by atoms with Crippen LogP contribution >= 0.6 is 0 Å². The van der Waals surface area contributed by atoms with E-state index in [4.69, 9.17) is 4.74 Å². The van der Waals surface area contributed by atoms with Gasteiger partial charge in [-0.3, -0.25) is 0 Å². The molecule has 0 saturated heterocycles. The highest BCUT2D eigenvalue weighted by molar-refractivity contribution is 5.89. The topological polar surface area (TPSA) is 19.1 Å². The van der Waals surface area contributed by atoms with Crippen molar-refractivity contribution in [3.63, 3.8) is 0 Å². The third-order valence-corrected chi connectivity index (χ3v) is 6.69. The number of benzene rings is 4. The van der Waals surface area contributed by atoms with E-state index in [2.05, 4.69) is 76.0 Å². The van der Waals surface area contributed by atoms with Crippen LogP contribution in [0.15, 0.2) is 109 Å². The lowest BCUT2D eigenvalue weighted by molar-refractivity contribution is 0.414. The summed E-state index contributed by atoms with van der Waals surface area (Å²) in [6, 6.07) is 32.5. The maximum Gasteiger partial charge on any atom is 0.128 e. The highest BCUT2D eigenvalue weighted by Gasteiger charge is 2.09. The number of aromatic nitrogens is 2. The van der Waals surface area contributed by atoms with E-state index >= 15 is 0 Å². The van der Waals surface area contributed by atoms with Gasteiger partial charge < -0.3 is 13.9 Å². The van der Waals surface area contributed by atoms with Crippen molar-refractivity contribution in [2.75, 3.05) is 7.11 Å². The molecule has 0 saturated carbocycles. The summed E-state index contributed by atoms with van der Waals surface area (Å²) in [5.41, 5.74) is 6.51. The molecule has 6 rings (SSSR count). The van der Waals surface area contributed by atoms with Gasteiger partial charge in [0.05, 0.1) is 13.7 Å². The number of nitrogens with zero attached hydrogens (tertiary/aromatic N) is 2. The van der Waals surface area contributed by atoms with Gasteiger partial charge in [0.1, 0.15) is 11.6 Å². The Balaban J connectivity index is 1.35. The molecule has 0 N–H and O–H groups in total. The van der Waals surface area contributed by atoms with Crippen molar-refractivity contribution in [3.05, 3.63) is 126 Å². The molecule has 6 aromatic rings. The van der Waals surface area contributed by atoms with E-state index in [1.165, 1.54) is 22.5 Å². The molecule has 0 atom stereocenters.